The van der Waals surface area contributed by atoms with Crippen LogP contribution in [-0.2, 0) is 10.0 Å². The predicted octanol–water partition coefficient (Wildman–Crippen LogP) is 2.45. The topological polar surface area (TPSA) is 58.2 Å². The highest BCUT2D eigenvalue weighted by Gasteiger charge is 2.16. The summed E-state index contributed by atoms with van der Waals surface area (Å²) in [4.78, 5) is 1.05. The van der Waals surface area contributed by atoms with Gasteiger partial charge >= 0.3 is 0 Å². The van der Waals surface area contributed by atoms with Crippen LogP contribution in [-0.4, -0.2) is 27.5 Å². The Bertz CT molecular complexity index is 464. The summed E-state index contributed by atoms with van der Waals surface area (Å²) >= 11 is 1.32. The Morgan fingerprint density at radius 2 is 1.89 bits per heavy atom. The van der Waals surface area contributed by atoms with Crippen LogP contribution in [0.4, 0.5) is 0 Å². The van der Waals surface area contributed by atoms with E-state index < -0.39 is 10.0 Å². The Morgan fingerprint density at radius 3 is 2.37 bits per heavy atom. The zero-order valence-electron chi connectivity index (χ0n) is 11.8. The van der Waals surface area contributed by atoms with Gasteiger partial charge in [0.15, 0.2) is 0 Å². The molecule has 0 aliphatic carbocycles. The summed E-state index contributed by atoms with van der Waals surface area (Å²) in [6.45, 7) is 9.30. The Balaban J connectivity index is 0.00000324. The van der Waals surface area contributed by atoms with E-state index in [1.807, 2.05) is 13.8 Å². The van der Waals surface area contributed by atoms with E-state index in [0.29, 0.717) is 16.8 Å². The second kappa shape index (κ2) is 8.21. The number of rotatable bonds is 7. The van der Waals surface area contributed by atoms with Gasteiger partial charge in [-0.05, 0) is 38.4 Å². The van der Waals surface area contributed by atoms with Crippen molar-refractivity contribution in [3.05, 3.63) is 16.5 Å². The van der Waals surface area contributed by atoms with E-state index in [9.17, 15) is 8.42 Å². The van der Waals surface area contributed by atoms with E-state index in [2.05, 4.69) is 23.9 Å². The lowest BCUT2D eigenvalue weighted by Crippen LogP contribution is -2.29. The average Bonchev–Trinajstić information content (AvgIpc) is 2.59. The fourth-order valence-corrected chi connectivity index (χ4v) is 4.06. The minimum absolute atomic E-state index is 0. The third-order valence-electron chi connectivity index (χ3n) is 2.61. The van der Waals surface area contributed by atoms with Gasteiger partial charge in [-0.25, -0.2) is 13.1 Å². The number of hydrogen-bond acceptors (Lipinski definition) is 4. The minimum Gasteiger partial charge on any atom is -0.314 e. The van der Waals surface area contributed by atoms with Crippen molar-refractivity contribution in [3.63, 3.8) is 0 Å². The van der Waals surface area contributed by atoms with Crippen molar-refractivity contribution in [2.24, 2.45) is 0 Å². The molecule has 1 rings (SSSR count). The molecule has 1 aromatic rings. The highest BCUT2D eigenvalue weighted by atomic mass is 35.5. The quantitative estimate of drug-likeness (QED) is 0.757. The smallest absolute Gasteiger partial charge is 0.250 e. The number of thiophene rings is 1. The van der Waals surface area contributed by atoms with Crippen molar-refractivity contribution >= 4 is 33.8 Å². The lowest BCUT2D eigenvalue weighted by atomic mass is 10.3. The molecule has 4 nitrogen and oxygen atoms in total. The van der Waals surface area contributed by atoms with E-state index in [4.69, 9.17) is 0 Å². The maximum absolute atomic E-state index is 12.0. The van der Waals surface area contributed by atoms with Gasteiger partial charge in [-0.2, -0.15) is 0 Å². The molecule has 2 N–H and O–H groups in total. The first kappa shape index (κ1) is 18.9. The first-order chi connectivity index (χ1) is 8.33. The molecule has 0 saturated carbocycles. The molecule has 0 bridgehead atoms. The molecule has 1 aromatic heterocycles. The summed E-state index contributed by atoms with van der Waals surface area (Å²) in [7, 11) is -3.32. The van der Waals surface area contributed by atoms with Crippen LogP contribution < -0.4 is 10.0 Å². The normalized spacial score (nSPS) is 11.6. The summed E-state index contributed by atoms with van der Waals surface area (Å²) in [5.74, 6) is 0. The highest BCUT2D eigenvalue weighted by molar-refractivity contribution is 7.91. The zero-order chi connectivity index (χ0) is 13.8. The molecule has 19 heavy (non-hydrogen) atoms. The van der Waals surface area contributed by atoms with Crippen LogP contribution in [0.25, 0.3) is 0 Å². The van der Waals surface area contributed by atoms with Gasteiger partial charge in [-0.15, -0.1) is 23.7 Å². The number of aryl methyl sites for hydroxylation is 2. The van der Waals surface area contributed by atoms with Crippen molar-refractivity contribution < 1.29 is 8.42 Å². The van der Waals surface area contributed by atoms with Crippen LogP contribution in [0.1, 0.15) is 30.7 Å². The summed E-state index contributed by atoms with van der Waals surface area (Å²) in [5, 5.41) is 3.25. The van der Waals surface area contributed by atoms with Crippen LogP contribution in [0.3, 0.4) is 0 Å². The Labute approximate surface area is 126 Å². The maximum atomic E-state index is 12.0. The largest absolute Gasteiger partial charge is 0.314 e. The number of nitrogens with one attached hydrogen (secondary N) is 2. The molecule has 0 aliphatic rings. The van der Waals surface area contributed by atoms with E-state index in [1.165, 1.54) is 11.3 Å². The molecule has 0 saturated heterocycles. The van der Waals surface area contributed by atoms with Crippen LogP contribution in [0.5, 0.6) is 0 Å². The molecule has 0 spiro atoms. The summed E-state index contributed by atoms with van der Waals surface area (Å²) in [6.07, 6.45) is 0.792. The lowest BCUT2D eigenvalue weighted by Gasteiger charge is -2.08. The average molecular weight is 327 g/mol. The zero-order valence-corrected chi connectivity index (χ0v) is 14.3. The van der Waals surface area contributed by atoms with Gasteiger partial charge in [-0.3, -0.25) is 0 Å². The monoisotopic (exact) mass is 326 g/mol. The van der Waals surface area contributed by atoms with Crippen molar-refractivity contribution in [2.75, 3.05) is 13.1 Å². The van der Waals surface area contributed by atoms with Crippen LogP contribution in [0.15, 0.2) is 10.3 Å². The number of hydrogen-bond donors (Lipinski definition) is 2. The Morgan fingerprint density at radius 1 is 1.26 bits per heavy atom. The molecule has 0 aromatic carbocycles. The first-order valence-corrected chi connectivity index (χ1v) is 8.43. The summed E-state index contributed by atoms with van der Waals surface area (Å²) in [6, 6.07) is 2.17. The van der Waals surface area contributed by atoms with Crippen molar-refractivity contribution in [3.8, 4) is 0 Å². The maximum Gasteiger partial charge on any atom is 0.250 e. The standard InChI is InChI=1S/C12H22N2O2S2.ClH/c1-9(2)13-6-5-7-14-18(15,16)12-8-10(3)11(4)17-12;/h8-9,13-14H,5-7H2,1-4H3;1H. The fourth-order valence-electron chi connectivity index (χ4n) is 1.43. The number of halogens is 1. The molecule has 0 unspecified atom stereocenters. The molecular weight excluding hydrogens is 304 g/mol. The van der Waals surface area contributed by atoms with Gasteiger partial charge in [0.25, 0.3) is 0 Å². The van der Waals surface area contributed by atoms with Crippen LogP contribution in [0.2, 0.25) is 0 Å². The van der Waals surface area contributed by atoms with Crippen LogP contribution in [0, 0.1) is 13.8 Å². The second-order valence-electron chi connectivity index (χ2n) is 4.66. The minimum atomic E-state index is -3.32. The molecular formula is C12H23ClN2O2S2. The Hall–Kier alpha value is -0.140. The molecule has 7 heteroatoms. The van der Waals surface area contributed by atoms with Gasteiger partial charge < -0.3 is 5.32 Å². The van der Waals surface area contributed by atoms with Crippen molar-refractivity contribution in [1.29, 1.82) is 0 Å². The van der Waals surface area contributed by atoms with Gasteiger partial charge in [0.05, 0.1) is 0 Å². The molecule has 0 aliphatic heterocycles. The summed E-state index contributed by atoms with van der Waals surface area (Å²) < 4.78 is 27.0. The van der Waals surface area contributed by atoms with Crippen LogP contribution >= 0.6 is 23.7 Å². The van der Waals surface area contributed by atoms with Gasteiger partial charge in [0.2, 0.25) is 10.0 Å². The molecule has 0 radical (unpaired) electrons. The van der Waals surface area contributed by atoms with Gasteiger partial charge in [0, 0.05) is 17.5 Å². The van der Waals surface area contributed by atoms with Crippen molar-refractivity contribution in [1.82, 2.24) is 10.0 Å². The lowest BCUT2D eigenvalue weighted by molar-refractivity contribution is 0.555. The van der Waals surface area contributed by atoms with Gasteiger partial charge in [0.1, 0.15) is 4.21 Å². The van der Waals surface area contributed by atoms with E-state index in [-0.39, 0.29) is 12.4 Å². The summed E-state index contributed by atoms with van der Waals surface area (Å²) in [5.41, 5.74) is 1.03. The van der Waals surface area contributed by atoms with Crippen molar-refractivity contribution in [2.45, 2.75) is 44.4 Å². The third-order valence-corrected chi connectivity index (χ3v) is 5.69. The van der Waals surface area contributed by atoms with E-state index in [1.54, 1.807) is 6.07 Å². The van der Waals surface area contributed by atoms with E-state index in [0.717, 1.165) is 23.4 Å². The molecule has 1 heterocycles. The SMILES string of the molecule is Cc1cc(S(=O)(=O)NCCCNC(C)C)sc1C.Cl. The molecule has 0 fully saturated rings. The second-order valence-corrected chi connectivity index (χ2v) is 7.91. The van der Waals surface area contributed by atoms with E-state index >= 15 is 0 Å². The highest BCUT2D eigenvalue weighted by Crippen LogP contribution is 2.24. The Kier molecular flexibility index (Phi) is 8.15. The third kappa shape index (κ3) is 6.23. The molecule has 0 amide bonds. The molecule has 112 valence electrons. The number of sulfonamides is 1. The first-order valence-electron chi connectivity index (χ1n) is 6.13. The molecule has 0 atom stereocenters. The predicted molar refractivity (Wildman–Crippen MR) is 84.0 cm³/mol. The fraction of sp³-hybridized carbons (Fsp3) is 0.667. The van der Waals surface area contributed by atoms with Gasteiger partial charge in [-0.1, -0.05) is 13.8 Å².